The van der Waals surface area contributed by atoms with Crippen molar-refractivity contribution < 1.29 is 19.3 Å². The third-order valence-corrected chi connectivity index (χ3v) is 4.74. The number of ether oxygens (including phenoxy) is 3. The highest BCUT2D eigenvalue weighted by Gasteiger charge is 2.48. The normalized spacial score (nSPS) is 25.5. The first kappa shape index (κ1) is 18.4. The predicted octanol–water partition coefficient (Wildman–Crippen LogP) is 0.743. The van der Waals surface area contributed by atoms with Crippen molar-refractivity contribution in [1.82, 2.24) is 19.5 Å². The quantitative estimate of drug-likeness (QED) is 0.548. The smallest absolute Gasteiger partial charge is 0.247 e. The van der Waals surface area contributed by atoms with E-state index >= 15 is 0 Å². The summed E-state index contributed by atoms with van der Waals surface area (Å²) in [4.78, 5) is 12.8. The van der Waals surface area contributed by atoms with Gasteiger partial charge in [-0.25, -0.2) is 4.98 Å². The van der Waals surface area contributed by atoms with Gasteiger partial charge in [0.25, 0.3) is 0 Å². The van der Waals surface area contributed by atoms with Crippen LogP contribution >= 0.6 is 0 Å². The average molecular weight is 361 g/mol. The molecule has 0 bridgehead atoms. The van der Waals surface area contributed by atoms with Gasteiger partial charge in [-0.05, 0) is 19.8 Å². The molecule has 2 aromatic heterocycles. The van der Waals surface area contributed by atoms with Crippen LogP contribution in [0.2, 0.25) is 0 Å². The number of fused-ring (bicyclic) bond motifs is 1. The molecule has 0 radical (unpaired) electrons. The summed E-state index contributed by atoms with van der Waals surface area (Å²) in [7, 11) is 1.54. The van der Waals surface area contributed by atoms with Crippen LogP contribution in [0.15, 0.2) is 6.33 Å². The molecule has 3 N–H and O–H groups in total. The first-order valence-corrected chi connectivity index (χ1v) is 8.40. The van der Waals surface area contributed by atoms with Crippen molar-refractivity contribution in [2.24, 2.45) is 5.41 Å². The molecule has 140 valence electrons. The van der Waals surface area contributed by atoms with Crippen molar-refractivity contribution in [1.29, 1.82) is 0 Å². The lowest BCUT2D eigenvalue weighted by atomic mass is 9.86. The highest BCUT2D eigenvalue weighted by molar-refractivity contribution is 5.77. The second kappa shape index (κ2) is 7.45. The number of rotatable bonds is 7. The third kappa shape index (κ3) is 3.07. The lowest BCUT2D eigenvalue weighted by Gasteiger charge is -2.27. The molecule has 0 unspecified atom stereocenters. The highest BCUT2D eigenvalue weighted by Crippen LogP contribution is 2.46. The summed E-state index contributed by atoms with van der Waals surface area (Å²) < 4.78 is 18.1. The van der Waals surface area contributed by atoms with Crippen molar-refractivity contribution in [3.05, 3.63) is 6.33 Å². The number of anilines is 1. The largest absolute Gasteiger partial charge is 0.476 e. The Morgan fingerprint density at radius 1 is 1.50 bits per heavy atom. The van der Waals surface area contributed by atoms with Crippen LogP contribution in [-0.2, 0) is 9.47 Å². The first-order valence-electron chi connectivity index (χ1n) is 8.40. The lowest BCUT2D eigenvalue weighted by Crippen LogP contribution is -2.34. The van der Waals surface area contributed by atoms with E-state index in [-0.39, 0.29) is 31.5 Å². The van der Waals surface area contributed by atoms with E-state index in [0.29, 0.717) is 36.5 Å². The van der Waals surface area contributed by atoms with E-state index < -0.39 is 5.41 Å². The maximum absolute atomic E-state index is 9.92. The van der Waals surface area contributed by atoms with Gasteiger partial charge in [0.1, 0.15) is 6.79 Å². The summed E-state index contributed by atoms with van der Waals surface area (Å²) in [5, 5.41) is 9.92. The molecule has 0 spiro atoms. The summed E-state index contributed by atoms with van der Waals surface area (Å²) in [5.41, 5.74) is 6.14. The van der Waals surface area contributed by atoms with Crippen LogP contribution in [-0.4, -0.2) is 57.8 Å². The van der Waals surface area contributed by atoms with Gasteiger partial charge in [0.2, 0.25) is 11.8 Å². The van der Waals surface area contributed by atoms with Gasteiger partial charge < -0.3 is 29.6 Å². The van der Waals surface area contributed by atoms with Gasteiger partial charge in [0.05, 0.1) is 31.1 Å². The van der Waals surface area contributed by atoms with E-state index in [1.54, 1.807) is 13.4 Å². The van der Waals surface area contributed by atoms with Crippen LogP contribution in [0.1, 0.15) is 25.8 Å². The topological polar surface area (TPSA) is 118 Å². The zero-order valence-corrected chi connectivity index (χ0v) is 14.9. The van der Waals surface area contributed by atoms with Crippen LogP contribution in [0, 0.1) is 17.8 Å². The van der Waals surface area contributed by atoms with Crippen LogP contribution in [0.4, 0.5) is 5.95 Å². The molecule has 0 saturated heterocycles. The Morgan fingerprint density at radius 3 is 2.96 bits per heavy atom. The molecule has 26 heavy (non-hydrogen) atoms. The Labute approximate surface area is 151 Å². The summed E-state index contributed by atoms with van der Waals surface area (Å²) in [6, 6.07) is -0.0613. The molecule has 2 aromatic rings. The maximum atomic E-state index is 9.92. The number of hydrogen-bond donors (Lipinski definition) is 2. The van der Waals surface area contributed by atoms with E-state index in [9.17, 15) is 5.11 Å². The van der Waals surface area contributed by atoms with Crippen molar-refractivity contribution in [2.75, 3.05) is 32.9 Å². The van der Waals surface area contributed by atoms with Crippen molar-refractivity contribution in [3.8, 4) is 18.2 Å². The van der Waals surface area contributed by atoms with Crippen molar-refractivity contribution in [2.45, 2.75) is 31.9 Å². The Kier molecular flexibility index (Phi) is 5.27. The van der Waals surface area contributed by atoms with E-state index in [1.165, 1.54) is 0 Å². The minimum absolute atomic E-state index is 0.0613. The Morgan fingerprint density at radius 2 is 2.31 bits per heavy atom. The number of nitrogens with two attached hydrogens (primary N) is 1. The van der Waals surface area contributed by atoms with Gasteiger partial charge in [0, 0.05) is 13.2 Å². The summed E-state index contributed by atoms with van der Waals surface area (Å²) in [6.07, 6.45) is 8.18. The summed E-state index contributed by atoms with van der Waals surface area (Å²) in [5.74, 6) is 3.18. The zero-order chi connectivity index (χ0) is 18.7. The Hall–Kier alpha value is -2.41. The zero-order valence-electron chi connectivity index (χ0n) is 14.9. The Balaban J connectivity index is 1.98. The number of imidazole rings is 1. The van der Waals surface area contributed by atoms with E-state index in [4.69, 9.17) is 26.4 Å². The van der Waals surface area contributed by atoms with Crippen LogP contribution in [0.5, 0.6) is 5.88 Å². The number of terminal acetylenes is 1. The first-order chi connectivity index (χ1) is 12.6. The molecule has 0 aromatic carbocycles. The summed E-state index contributed by atoms with van der Waals surface area (Å²) >= 11 is 0. The highest BCUT2D eigenvalue weighted by atomic mass is 16.7. The molecule has 3 atom stereocenters. The molecular formula is C17H23N5O4. The SMILES string of the molecule is C#C[C@]1(CO)C[C@@H](n2cnc3c(OCC)nc(N)nc32)C[C@@H]1OCOC. The van der Waals surface area contributed by atoms with Crippen LogP contribution in [0.3, 0.4) is 0 Å². The number of nitrogen functional groups attached to an aromatic ring is 1. The number of aromatic nitrogens is 4. The van der Waals surface area contributed by atoms with Gasteiger partial charge in [0.15, 0.2) is 11.2 Å². The minimum Gasteiger partial charge on any atom is -0.476 e. The van der Waals surface area contributed by atoms with Crippen molar-refractivity contribution in [3.63, 3.8) is 0 Å². The van der Waals surface area contributed by atoms with Crippen molar-refractivity contribution >= 4 is 17.1 Å². The number of methoxy groups -OCH3 is 1. The number of aliphatic hydroxyl groups is 1. The monoisotopic (exact) mass is 361 g/mol. The maximum Gasteiger partial charge on any atom is 0.247 e. The fourth-order valence-electron chi connectivity index (χ4n) is 3.47. The van der Waals surface area contributed by atoms with Gasteiger partial charge in [-0.15, -0.1) is 6.42 Å². The minimum atomic E-state index is -0.791. The molecule has 0 amide bonds. The molecule has 1 fully saturated rings. The second-order valence-corrected chi connectivity index (χ2v) is 6.26. The second-order valence-electron chi connectivity index (χ2n) is 6.26. The number of aliphatic hydroxyl groups excluding tert-OH is 1. The molecule has 9 nitrogen and oxygen atoms in total. The van der Waals surface area contributed by atoms with Crippen LogP contribution < -0.4 is 10.5 Å². The van der Waals surface area contributed by atoms with E-state index in [2.05, 4.69) is 20.9 Å². The summed E-state index contributed by atoms with van der Waals surface area (Å²) in [6.45, 7) is 2.23. The average Bonchev–Trinajstić information content (AvgIpc) is 3.21. The molecule has 9 heteroatoms. The molecular weight excluding hydrogens is 338 g/mol. The lowest BCUT2D eigenvalue weighted by molar-refractivity contribution is -0.103. The fraction of sp³-hybridized carbons (Fsp3) is 0.588. The predicted molar refractivity (Wildman–Crippen MR) is 94.3 cm³/mol. The molecule has 3 rings (SSSR count). The van der Waals surface area contributed by atoms with Crippen LogP contribution in [0.25, 0.3) is 11.2 Å². The number of nitrogens with zero attached hydrogens (tertiary/aromatic N) is 4. The standard InChI is InChI=1S/C17H23N5O4/c1-4-17(8-23)7-11(6-12(17)26-10-24-3)22-9-19-13-14(22)20-16(18)21-15(13)25-5-2/h1,9,11-12,23H,5-8,10H2,2-3H3,(H2,18,20,21)/t11-,12-,17+/m0/s1. The molecule has 0 aliphatic heterocycles. The van der Waals surface area contributed by atoms with E-state index in [0.717, 1.165) is 0 Å². The van der Waals surface area contributed by atoms with Gasteiger partial charge in [-0.3, -0.25) is 0 Å². The van der Waals surface area contributed by atoms with Gasteiger partial charge >= 0.3 is 0 Å². The third-order valence-electron chi connectivity index (χ3n) is 4.74. The molecule has 1 saturated carbocycles. The van der Waals surface area contributed by atoms with Gasteiger partial charge in [-0.2, -0.15) is 9.97 Å². The molecule has 1 aliphatic rings. The fourth-order valence-corrected chi connectivity index (χ4v) is 3.47. The molecule has 1 aliphatic carbocycles. The Bertz CT molecular complexity index is 817. The number of hydrogen-bond acceptors (Lipinski definition) is 8. The molecule has 2 heterocycles. The van der Waals surface area contributed by atoms with E-state index in [1.807, 2.05) is 11.5 Å². The van der Waals surface area contributed by atoms with Gasteiger partial charge in [-0.1, -0.05) is 5.92 Å².